The van der Waals surface area contributed by atoms with Crippen LogP contribution in [0.5, 0.6) is 0 Å². The number of piperidine rings is 1. The fraction of sp³-hybridized carbons (Fsp3) is 0.929. The van der Waals surface area contributed by atoms with Gasteiger partial charge in [-0.25, -0.2) is 0 Å². The second-order valence-electron chi connectivity index (χ2n) is 7.18. The highest BCUT2D eigenvalue weighted by atomic mass is 35.5. The summed E-state index contributed by atoms with van der Waals surface area (Å²) in [5.74, 6) is 0.422. The number of amides is 1. The lowest BCUT2D eigenvalue weighted by molar-refractivity contribution is -0.125. The number of hydrogen-bond donors (Lipinski definition) is 2. The Kier molecular flexibility index (Phi) is 4.10. The third kappa shape index (κ3) is 2.39. The molecule has 0 atom stereocenters. The first-order valence-electron chi connectivity index (χ1n) is 6.73. The SMILES string of the molecule is CC1(NC(=O)C2C(C)(C)C2(C)C)CCNCC1.Cl. The number of nitrogens with one attached hydrogen (secondary N) is 2. The molecule has 18 heavy (non-hydrogen) atoms. The predicted molar refractivity (Wildman–Crippen MR) is 77.0 cm³/mol. The van der Waals surface area contributed by atoms with E-state index in [0.717, 1.165) is 25.9 Å². The first-order valence-corrected chi connectivity index (χ1v) is 6.73. The summed E-state index contributed by atoms with van der Waals surface area (Å²) < 4.78 is 0. The summed E-state index contributed by atoms with van der Waals surface area (Å²) in [5.41, 5.74) is 0.276. The molecule has 0 aromatic heterocycles. The lowest BCUT2D eigenvalue weighted by atomic mass is 9.90. The third-order valence-corrected chi connectivity index (χ3v) is 5.41. The van der Waals surface area contributed by atoms with Crippen LogP contribution < -0.4 is 10.6 Å². The van der Waals surface area contributed by atoms with E-state index in [0.29, 0.717) is 0 Å². The van der Waals surface area contributed by atoms with Gasteiger partial charge in [0.1, 0.15) is 0 Å². The minimum atomic E-state index is -0.00289. The van der Waals surface area contributed by atoms with Gasteiger partial charge < -0.3 is 10.6 Å². The van der Waals surface area contributed by atoms with Crippen LogP contribution in [-0.4, -0.2) is 24.5 Å². The molecule has 1 aliphatic carbocycles. The van der Waals surface area contributed by atoms with Gasteiger partial charge in [-0.3, -0.25) is 4.79 Å². The first-order chi connectivity index (χ1) is 7.71. The van der Waals surface area contributed by atoms with Crippen molar-refractivity contribution in [1.29, 1.82) is 0 Å². The molecular formula is C14H27ClN2O. The molecule has 0 radical (unpaired) electrons. The average Bonchev–Trinajstić information content (AvgIpc) is 2.57. The van der Waals surface area contributed by atoms with E-state index < -0.39 is 0 Å². The highest BCUT2D eigenvalue weighted by Crippen LogP contribution is 2.68. The molecule has 106 valence electrons. The molecule has 2 aliphatic rings. The number of hydrogen-bond acceptors (Lipinski definition) is 2. The molecule has 1 amide bonds. The van der Waals surface area contributed by atoms with Gasteiger partial charge >= 0.3 is 0 Å². The average molecular weight is 275 g/mol. The Morgan fingerprint density at radius 2 is 1.50 bits per heavy atom. The van der Waals surface area contributed by atoms with Crippen molar-refractivity contribution in [2.24, 2.45) is 16.7 Å². The minimum Gasteiger partial charge on any atom is -0.351 e. The van der Waals surface area contributed by atoms with Gasteiger partial charge in [-0.15, -0.1) is 12.4 Å². The number of rotatable bonds is 2. The van der Waals surface area contributed by atoms with Gasteiger partial charge in [0.25, 0.3) is 0 Å². The zero-order valence-corrected chi connectivity index (χ0v) is 13.0. The fourth-order valence-electron chi connectivity index (χ4n) is 3.32. The Hall–Kier alpha value is -0.280. The van der Waals surface area contributed by atoms with Crippen molar-refractivity contribution in [1.82, 2.24) is 10.6 Å². The van der Waals surface area contributed by atoms with E-state index in [4.69, 9.17) is 0 Å². The highest BCUT2D eigenvalue weighted by Gasteiger charge is 2.68. The van der Waals surface area contributed by atoms with E-state index in [-0.39, 0.29) is 40.6 Å². The number of carbonyl (C=O) groups excluding carboxylic acids is 1. The Balaban J connectivity index is 0.00000162. The van der Waals surface area contributed by atoms with Crippen molar-refractivity contribution >= 4 is 18.3 Å². The van der Waals surface area contributed by atoms with E-state index in [1.54, 1.807) is 0 Å². The minimum absolute atomic E-state index is 0. The van der Waals surface area contributed by atoms with Crippen molar-refractivity contribution in [3.63, 3.8) is 0 Å². The Labute approximate surface area is 117 Å². The van der Waals surface area contributed by atoms with Gasteiger partial charge in [0.05, 0.1) is 0 Å². The van der Waals surface area contributed by atoms with Crippen LogP contribution in [0.4, 0.5) is 0 Å². The monoisotopic (exact) mass is 274 g/mol. The predicted octanol–water partition coefficient (Wildman–Crippen LogP) is 2.35. The molecule has 0 aromatic rings. The molecular weight excluding hydrogens is 248 g/mol. The van der Waals surface area contributed by atoms with Gasteiger partial charge in [0.2, 0.25) is 5.91 Å². The topological polar surface area (TPSA) is 41.1 Å². The van der Waals surface area contributed by atoms with Crippen molar-refractivity contribution in [2.45, 2.75) is 53.0 Å². The second-order valence-corrected chi connectivity index (χ2v) is 7.18. The fourth-order valence-corrected chi connectivity index (χ4v) is 3.32. The van der Waals surface area contributed by atoms with E-state index in [1.807, 2.05) is 0 Å². The zero-order chi connectivity index (χ0) is 12.9. The molecule has 0 unspecified atom stereocenters. The van der Waals surface area contributed by atoms with E-state index in [1.165, 1.54) is 0 Å². The van der Waals surface area contributed by atoms with Crippen molar-refractivity contribution in [3.05, 3.63) is 0 Å². The molecule has 2 N–H and O–H groups in total. The maximum absolute atomic E-state index is 12.4. The smallest absolute Gasteiger partial charge is 0.224 e. The normalized spacial score (nSPS) is 28.1. The van der Waals surface area contributed by atoms with Crippen LogP contribution in [0, 0.1) is 16.7 Å². The van der Waals surface area contributed by atoms with Gasteiger partial charge in [-0.1, -0.05) is 27.7 Å². The molecule has 0 aromatic carbocycles. The molecule has 0 bridgehead atoms. The summed E-state index contributed by atoms with van der Waals surface area (Å²) in [6.45, 7) is 13.0. The summed E-state index contributed by atoms with van der Waals surface area (Å²) in [4.78, 5) is 12.4. The maximum atomic E-state index is 12.4. The molecule has 1 heterocycles. The van der Waals surface area contributed by atoms with Crippen molar-refractivity contribution in [3.8, 4) is 0 Å². The van der Waals surface area contributed by atoms with Crippen LogP contribution in [0.15, 0.2) is 0 Å². The van der Waals surface area contributed by atoms with Crippen LogP contribution in [-0.2, 0) is 4.79 Å². The summed E-state index contributed by atoms with van der Waals surface area (Å²) in [6.07, 6.45) is 2.07. The van der Waals surface area contributed by atoms with Crippen LogP contribution in [0.25, 0.3) is 0 Å². The van der Waals surface area contributed by atoms with Crippen molar-refractivity contribution in [2.75, 3.05) is 13.1 Å². The third-order valence-electron chi connectivity index (χ3n) is 5.41. The second kappa shape index (κ2) is 4.68. The summed E-state index contributed by atoms with van der Waals surface area (Å²) in [7, 11) is 0. The molecule has 1 saturated carbocycles. The standard InChI is InChI=1S/C14H26N2O.ClH/c1-12(2)10(13(12,3)4)11(17)16-14(5)6-8-15-9-7-14;/h10,15H,6-9H2,1-5H3,(H,16,17);1H. The molecule has 1 aliphatic heterocycles. The molecule has 3 nitrogen and oxygen atoms in total. The highest BCUT2D eigenvalue weighted by molar-refractivity contribution is 5.85. The van der Waals surface area contributed by atoms with Crippen LogP contribution in [0.2, 0.25) is 0 Å². The van der Waals surface area contributed by atoms with Gasteiger partial charge in [-0.05, 0) is 43.7 Å². The zero-order valence-electron chi connectivity index (χ0n) is 12.2. The number of halogens is 1. The molecule has 2 rings (SSSR count). The van der Waals surface area contributed by atoms with E-state index >= 15 is 0 Å². The summed E-state index contributed by atoms with van der Waals surface area (Å²) >= 11 is 0. The first kappa shape index (κ1) is 15.8. The van der Waals surface area contributed by atoms with Gasteiger partial charge in [-0.2, -0.15) is 0 Å². The summed E-state index contributed by atoms with van der Waals surface area (Å²) in [6, 6.07) is 0. The summed E-state index contributed by atoms with van der Waals surface area (Å²) in [5, 5.41) is 6.63. The molecule has 0 spiro atoms. The van der Waals surface area contributed by atoms with Crippen LogP contribution in [0.1, 0.15) is 47.5 Å². The van der Waals surface area contributed by atoms with Crippen LogP contribution >= 0.6 is 12.4 Å². The maximum Gasteiger partial charge on any atom is 0.224 e. The lowest BCUT2D eigenvalue weighted by Gasteiger charge is -2.35. The quantitative estimate of drug-likeness (QED) is 0.812. The Morgan fingerprint density at radius 1 is 1.06 bits per heavy atom. The lowest BCUT2D eigenvalue weighted by Crippen LogP contribution is -2.53. The molecule has 4 heteroatoms. The number of carbonyl (C=O) groups is 1. The van der Waals surface area contributed by atoms with Crippen molar-refractivity contribution < 1.29 is 4.79 Å². The molecule has 1 saturated heterocycles. The van der Waals surface area contributed by atoms with Crippen LogP contribution in [0.3, 0.4) is 0 Å². The Morgan fingerprint density at radius 3 is 1.89 bits per heavy atom. The van der Waals surface area contributed by atoms with E-state index in [2.05, 4.69) is 45.3 Å². The van der Waals surface area contributed by atoms with E-state index in [9.17, 15) is 4.79 Å². The largest absolute Gasteiger partial charge is 0.351 e. The Bertz CT molecular complexity index is 319. The van der Waals surface area contributed by atoms with Gasteiger partial charge in [0, 0.05) is 11.5 Å². The molecule has 2 fully saturated rings. The van der Waals surface area contributed by atoms with Gasteiger partial charge in [0.15, 0.2) is 0 Å².